The van der Waals surface area contributed by atoms with Gasteiger partial charge in [0.05, 0.1) is 0 Å². The Morgan fingerprint density at radius 1 is 1.15 bits per heavy atom. The van der Waals surface area contributed by atoms with Crippen LogP contribution in [0.15, 0.2) is 9.59 Å². The molecule has 0 fully saturated rings. The van der Waals surface area contributed by atoms with Gasteiger partial charge in [0, 0.05) is 28.2 Å². The molecule has 2 aromatic rings. The number of anilines is 1. The van der Waals surface area contributed by atoms with Crippen molar-refractivity contribution in [3.8, 4) is 0 Å². The lowest BCUT2D eigenvalue weighted by Gasteiger charge is -2.12. The van der Waals surface area contributed by atoms with E-state index < -0.39 is 17.2 Å². The number of hydrogen-bond acceptors (Lipinski definition) is 6. The molecule has 2 aromatic heterocycles. The Labute approximate surface area is 113 Å². The van der Waals surface area contributed by atoms with E-state index in [-0.39, 0.29) is 22.7 Å². The Balaban J connectivity index is 2.95. The zero-order valence-electron chi connectivity index (χ0n) is 11.5. The van der Waals surface area contributed by atoms with Crippen molar-refractivity contribution >= 4 is 22.9 Å². The van der Waals surface area contributed by atoms with E-state index in [0.717, 1.165) is 9.13 Å². The topological polar surface area (TPSA) is 116 Å². The molecule has 106 valence electrons. The van der Waals surface area contributed by atoms with Crippen LogP contribution in [0.4, 0.5) is 5.82 Å². The summed E-state index contributed by atoms with van der Waals surface area (Å²) in [6.45, 7) is 0. The highest BCUT2D eigenvalue weighted by atomic mass is 16.2. The van der Waals surface area contributed by atoms with Gasteiger partial charge in [-0.25, -0.2) is 14.8 Å². The SMILES string of the molecule is CN(C)C(=O)c1nc2c(=O)n(C)c(=O)n(C)c2nc1N. The third-order valence-corrected chi connectivity index (χ3v) is 2.91. The Kier molecular flexibility index (Phi) is 3.04. The highest BCUT2D eigenvalue weighted by Crippen LogP contribution is 2.11. The summed E-state index contributed by atoms with van der Waals surface area (Å²) in [5, 5.41) is 0. The number of nitrogens with zero attached hydrogens (tertiary/aromatic N) is 5. The molecule has 9 heteroatoms. The van der Waals surface area contributed by atoms with Gasteiger partial charge in [-0.05, 0) is 0 Å². The highest BCUT2D eigenvalue weighted by Gasteiger charge is 2.19. The molecular weight excluding hydrogens is 264 g/mol. The van der Waals surface area contributed by atoms with Gasteiger partial charge in [-0.1, -0.05) is 0 Å². The molecule has 0 unspecified atom stereocenters. The van der Waals surface area contributed by atoms with Crippen LogP contribution >= 0.6 is 0 Å². The van der Waals surface area contributed by atoms with Gasteiger partial charge in [0.1, 0.15) is 0 Å². The number of rotatable bonds is 1. The van der Waals surface area contributed by atoms with Crippen molar-refractivity contribution in [2.75, 3.05) is 19.8 Å². The van der Waals surface area contributed by atoms with Crippen LogP contribution in [0.3, 0.4) is 0 Å². The number of nitrogens with two attached hydrogens (primary N) is 1. The van der Waals surface area contributed by atoms with Gasteiger partial charge in [-0.15, -0.1) is 0 Å². The average molecular weight is 278 g/mol. The Bertz CT molecular complexity index is 833. The lowest BCUT2D eigenvalue weighted by atomic mass is 10.3. The predicted octanol–water partition coefficient (Wildman–Crippen LogP) is -1.69. The first kappa shape index (κ1) is 13.7. The van der Waals surface area contributed by atoms with Crippen LogP contribution in [-0.4, -0.2) is 44.0 Å². The van der Waals surface area contributed by atoms with E-state index in [1.165, 1.54) is 33.1 Å². The van der Waals surface area contributed by atoms with Gasteiger partial charge in [0.25, 0.3) is 11.5 Å². The number of hydrogen-bond donors (Lipinski definition) is 1. The van der Waals surface area contributed by atoms with Crippen LogP contribution in [0.1, 0.15) is 10.5 Å². The van der Waals surface area contributed by atoms with Gasteiger partial charge in [-0.2, -0.15) is 0 Å². The first-order valence-electron chi connectivity index (χ1n) is 5.70. The number of aryl methyl sites for hydroxylation is 1. The van der Waals surface area contributed by atoms with E-state index in [0.29, 0.717) is 0 Å². The fraction of sp³-hybridized carbons (Fsp3) is 0.364. The molecule has 20 heavy (non-hydrogen) atoms. The first-order valence-corrected chi connectivity index (χ1v) is 5.70. The third-order valence-electron chi connectivity index (χ3n) is 2.91. The number of fused-ring (bicyclic) bond motifs is 1. The van der Waals surface area contributed by atoms with E-state index >= 15 is 0 Å². The van der Waals surface area contributed by atoms with Crippen LogP contribution < -0.4 is 17.0 Å². The van der Waals surface area contributed by atoms with Gasteiger partial charge in [-0.3, -0.25) is 18.7 Å². The van der Waals surface area contributed by atoms with Crippen molar-refractivity contribution in [2.24, 2.45) is 14.1 Å². The largest absolute Gasteiger partial charge is 0.382 e. The van der Waals surface area contributed by atoms with Gasteiger partial charge in [0.15, 0.2) is 22.7 Å². The molecule has 0 saturated carbocycles. The standard InChI is InChI=1S/C11H14N6O3/c1-15(2)9(18)5-7(12)14-8-6(13-5)10(19)17(4)11(20)16(8)3/h1-4H3,(H2,12,14). The molecule has 0 aliphatic rings. The molecule has 0 radical (unpaired) electrons. The maximum atomic E-state index is 12.0. The van der Waals surface area contributed by atoms with E-state index in [9.17, 15) is 14.4 Å². The predicted molar refractivity (Wildman–Crippen MR) is 72.4 cm³/mol. The van der Waals surface area contributed by atoms with E-state index in [2.05, 4.69) is 9.97 Å². The molecule has 9 nitrogen and oxygen atoms in total. The normalized spacial score (nSPS) is 10.8. The summed E-state index contributed by atoms with van der Waals surface area (Å²) >= 11 is 0. The molecule has 2 N–H and O–H groups in total. The minimum absolute atomic E-state index is 0.0471. The monoisotopic (exact) mass is 278 g/mol. The minimum Gasteiger partial charge on any atom is -0.382 e. The summed E-state index contributed by atoms with van der Waals surface area (Å²) in [5.41, 5.74) is 4.39. The lowest BCUT2D eigenvalue weighted by molar-refractivity contribution is 0.0823. The van der Waals surface area contributed by atoms with Gasteiger partial charge < -0.3 is 10.6 Å². The molecule has 0 aromatic carbocycles. The molecule has 0 aliphatic heterocycles. The summed E-state index contributed by atoms with van der Waals surface area (Å²) in [7, 11) is 5.85. The fourth-order valence-corrected chi connectivity index (χ4v) is 1.75. The summed E-state index contributed by atoms with van der Waals surface area (Å²) in [6, 6.07) is 0. The number of amides is 1. The quantitative estimate of drug-likeness (QED) is 0.665. The van der Waals surface area contributed by atoms with Crippen molar-refractivity contribution in [1.29, 1.82) is 0 Å². The third kappa shape index (κ3) is 1.83. The molecule has 2 heterocycles. The first-order chi connectivity index (χ1) is 9.25. The van der Waals surface area contributed by atoms with Gasteiger partial charge in [0.2, 0.25) is 0 Å². The Hall–Kier alpha value is -2.71. The highest BCUT2D eigenvalue weighted by molar-refractivity contribution is 5.97. The van der Waals surface area contributed by atoms with Crippen LogP contribution in [0, 0.1) is 0 Å². The molecule has 2 rings (SSSR count). The maximum absolute atomic E-state index is 12.0. The zero-order valence-corrected chi connectivity index (χ0v) is 11.5. The second kappa shape index (κ2) is 4.44. The van der Waals surface area contributed by atoms with Crippen molar-refractivity contribution < 1.29 is 4.79 Å². The van der Waals surface area contributed by atoms with Gasteiger partial charge >= 0.3 is 5.69 Å². The van der Waals surface area contributed by atoms with Crippen molar-refractivity contribution in [3.63, 3.8) is 0 Å². The average Bonchev–Trinajstić information content (AvgIpc) is 2.41. The second-order valence-electron chi connectivity index (χ2n) is 4.54. The molecular formula is C11H14N6O3. The number of aromatic nitrogens is 4. The summed E-state index contributed by atoms with van der Waals surface area (Å²) in [4.78, 5) is 45.0. The fourth-order valence-electron chi connectivity index (χ4n) is 1.75. The second-order valence-corrected chi connectivity index (χ2v) is 4.54. The van der Waals surface area contributed by atoms with E-state index in [1.54, 1.807) is 0 Å². The van der Waals surface area contributed by atoms with E-state index in [1.807, 2.05) is 0 Å². The Morgan fingerprint density at radius 2 is 1.75 bits per heavy atom. The number of nitrogen functional groups attached to an aromatic ring is 1. The molecule has 1 amide bonds. The van der Waals surface area contributed by atoms with Crippen molar-refractivity contribution in [2.45, 2.75) is 0 Å². The van der Waals surface area contributed by atoms with Crippen molar-refractivity contribution in [1.82, 2.24) is 24.0 Å². The van der Waals surface area contributed by atoms with Crippen LogP contribution in [0.5, 0.6) is 0 Å². The summed E-state index contributed by atoms with van der Waals surface area (Å²) < 4.78 is 2.06. The van der Waals surface area contributed by atoms with Crippen molar-refractivity contribution in [3.05, 3.63) is 26.5 Å². The summed E-state index contributed by atoms with van der Waals surface area (Å²) in [6.07, 6.45) is 0. The Morgan fingerprint density at radius 3 is 2.30 bits per heavy atom. The smallest absolute Gasteiger partial charge is 0.332 e. The summed E-state index contributed by atoms with van der Waals surface area (Å²) in [5.74, 6) is -0.591. The molecule has 0 spiro atoms. The van der Waals surface area contributed by atoms with E-state index in [4.69, 9.17) is 5.73 Å². The number of carbonyl (C=O) groups is 1. The lowest BCUT2D eigenvalue weighted by Crippen LogP contribution is -2.38. The van der Waals surface area contributed by atoms with Crippen LogP contribution in [0.25, 0.3) is 11.2 Å². The maximum Gasteiger partial charge on any atom is 0.332 e. The molecule has 0 saturated heterocycles. The number of carbonyl (C=O) groups excluding carboxylic acids is 1. The zero-order chi connectivity index (χ0) is 15.2. The minimum atomic E-state index is -0.622. The molecule has 0 atom stereocenters. The van der Waals surface area contributed by atoms with Crippen LogP contribution in [0.2, 0.25) is 0 Å². The molecule has 0 aliphatic carbocycles. The van der Waals surface area contributed by atoms with Crippen LogP contribution in [-0.2, 0) is 14.1 Å². The molecule has 0 bridgehead atoms.